The van der Waals surface area contributed by atoms with Gasteiger partial charge in [-0.3, -0.25) is 0 Å². The maximum Gasteiger partial charge on any atom is 0.165 e. The average molecular weight is 253 g/mol. The van der Waals surface area contributed by atoms with Crippen LogP contribution in [0.2, 0.25) is 0 Å². The predicted octanol–water partition coefficient (Wildman–Crippen LogP) is 2.66. The van der Waals surface area contributed by atoms with Crippen LogP contribution in [0.25, 0.3) is 0 Å². The van der Waals surface area contributed by atoms with Crippen molar-refractivity contribution in [2.75, 3.05) is 19.8 Å². The van der Waals surface area contributed by atoms with Crippen molar-refractivity contribution in [3.8, 4) is 5.75 Å². The maximum absolute atomic E-state index is 13.9. The Morgan fingerprint density at radius 2 is 2.28 bits per heavy atom. The van der Waals surface area contributed by atoms with Gasteiger partial charge in [-0.25, -0.2) is 4.39 Å². The summed E-state index contributed by atoms with van der Waals surface area (Å²) in [7, 11) is 0. The quantitative estimate of drug-likeness (QED) is 0.845. The second kappa shape index (κ2) is 6.16. The molecule has 1 N–H and O–H groups in total. The number of hydrogen-bond donors (Lipinski definition) is 1. The van der Waals surface area contributed by atoms with E-state index in [0.717, 1.165) is 18.5 Å². The number of nitrogens with one attached hydrogen (secondary N) is 1. The third kappa shape index (κ3) is 3.21. The van der Waals surface area contributed by atoms with E-state index >= 15 is 0 Å². The van der Waals surface area contributed by atoms with Crippen molar-refractivity contribution in [3.05, 3.63) is 29.6 Å². The van der Waals surface area contributed by atoms with E-state index in [1.54, 1.807) is 12.1 Å². The van der Waals surface area contributed by atoms with Gasteiger partial charge >= 0.3 is 0 Å². The van der Waals surface area contributed by atoms with Gasteiger partial charge in [0.1, 0.15) is 6.10 Å². The van der Waals surface area contributed by atoms with Crippen molar-refractivity contribution in [2.45, 2.75) is 32.4 Å². The molecule has 0 amide bonds. The summed E-state index contributed by atoms with van der Waals surface area (Å²) in [5, 5.41) is 3.33. The lowest BCUT2D eigenvalue weighted by Crippen LogP contribution is -2.38. The number of ether oxygens (including phenoxy) is 2. The van der Waals surface area contributed by atoms with Gasteiger partial charge in [-0.1, -0.05) is 13.0 Å². The van der Waals surface area contributed by atoms with Gasteiger partial charge in [0, 0.05) is 6.04 Å². The molecule has 1 unspecified atom stereocenters. The van der Waals surface area contributed by atoms with Crippen LogP contribution in [-0.4, -0.2) is 25.9 Å². The third-order valence-corrected chi connectivity index (χ3v) is 3.06. The Morgan fingerprint density at radius 3 is 2.83 bits per heavy atom. The Morgan fingerprint density at radius 1 is 1.50 bits per heavy atom. The largest absolute Gasteiger partial charge is 0.483 e. The molecule has 4 heteroatoms. The van der Waals surface area contributed by atoms with Crippen LogP contribution in [0.5, 0.6) is 5.75 Å². The van der Waals surface area contributed by atoms with Crippen LogP contribution in [0.4, 0.5) is 4.39 Å². The highest BCUT2D eigenvalue weighted by Crippen LogP contribution is 2.24. The lowest BCUT2D eigenvalue weighted by atomic mass is 10.1. The summed E-state index contributed by atoms with van der Waals surface area (Å²) in [6.45, 7) is 6.18. The van der Waals surface area contributed by atoms with Gasteiger partial charge in [-0.05, 0) is 37.6 Å². The second-order valence-corrected chi connectivity index (χ2v) is 4.64. The average Bonchev–Trinajstić information content (AvgIpc) is 2.32. The van der Waals surface area contributed by atoms with E-state index in [-0.39, 0.29) is 18.0 Å². The van der Waals surface area contributed by atoms with Crippen molar-refractivity contribution >= 4 is 0 Å². The van der Waals surface area contributed by atoms with Gasteiger partial charge in [0.05, 0.1) is 13.2 Å². The minimum atomic E-state index is -0.301. The van der Waals surface area contributed by atoms with Crippen molar-refractivity contribution in [1.82, 2.24) is 5.32 Å². The molecule has 0 bridgehead atoms. The van der Waals surface area contributed by atoms with Gasteiger partial charge in [0.2, 0.25) is 0 Å². The first kappa shape index (κ1) is 13.3. The molecule has 18 heavy (non-hydrogen) atoms. The molecule has 1 aromatic carbocycles. The fraction of sp³-hybridized carbons (Fsp3) is 0.571. The molecule has 1 fully saturated rings. The number of rotatable bonds is 6. The minimum absolute atomic E-state index is 0.000917. The standard InChI is InChI=1S/C14H20FNO2/c1-3-6-16-10(2)11-4-5-14(13(15)7-11)18-12-8-17-9-12/h4-5,7,10,12,16H,3,6,8-9H2,1-2H3. The summed E-state index contributed by atoms with van der Waals surface area (Å²) >= 11 is 0. The van der Waals surface area contributed by atoms with Crippen molar-refractivity contribution in [2.24, 2.45) is 0 Å². The first-order chi connectivity index (χ1) is 8.70. The Bertz CT molecular complexity index is 393. The normalized spacial score (nSPS) is 17.3. The zero-order valence-corrected chi connectivity index (χ0v) is 10.9. The molecule has 100 valence electrons. The van der Waals surface area contributed by atoms with E-state index in [2.05, 4.69) is 12.2 Å². The summed E-state index contributed by atoms with van der Waals surface area (Å²) in [6, 6.07) is 5.31. The van der Waals surface area contributed by atoms with Crippen molar-refractivity contribution in [3.63, 3.8) is 0 Å². The van der Waals surface area contributed by atoms with Gasteiger partial charge in [-0.2, -0.15) is 0 Å². The summed E-state index contributed by atoms with van der Waals surface area (Å²) in [4.78, 5) is 0. The molecular formula is C14H20FNO2. The summed E-state index contributed by atoms with van der Waals surface area (Å²) in [5.41, 5.74) is 0.943. The molecule has 0 aromatic heterocycles. The molecule has 0 radical (unpaired) electrons. The predicted molar refractivity (Wildman–Crippen MR) is 68.3 cm³/mol. The second-order valence-electron chi connectivity index (χ2n) is 4.64. The SMILES string of the molecule is CCCNC(C)c1ccc(OC2COC2)c(F)c1. The maximum atomic E-state index is 13.9. The fourth-order valence-corrected chi connectivity index (χ4v) is 1.82. The lowest BCUT2D eigenvalue weighted by molar-refractivity contribution is -0.0809. The highest BCUT2D eigenvalue weighted by molar-refractivity contribution is 5.31. The summed E-state index contributed by atoms with van der Waals surface area (Å²) in [6.07, 6.45) is 1.07. The number of benzene rings is 1. The molecule has 2 rings (SSSR count). The molecule has 1 aromatic rings. The van der Waals surface area contributed by atoms with Crippen LogP contribution >= 0.6 is 0 Å². The zero-order valence-electron chi connectivity index (χ0n) is 10.9. The van der Waals surface area contributed by atoms with E-state index in [0.29, 0.717) is 19.0 Å². The minimum Gasteiger partial charge on any atom is -0.483 e. The molecule has 1 saturated heterocycles. The van der Waals surface area contributed by atoms with Gasteiger partial charge in [0.15, 0.2) is 11.6 Å². The monoisotopic (exact) mass is 253 g/mol. The molecule has 1 heterocycles. The third-order valence-electron chi connectivity index (χ3n) is 3.06. The van der Waals surface area contributed by atoms with E-state index in [1.807, 2.05) is 13.0 Å². The molecule has 1 aliphatic heterocycles. The van der Waals surface area contributed by atoms with E-state index < -0.39 is 0 Å². The first-order valence-electron chi connectivity index (χ1n) is 6.48. The van der Waals surface area contributed by atoms with Crippen LogP contribution in [0, 0.1) is 5.82 Å². The van der Waals surface area contributed by atoms with Crippen molar-refractivity contribution in [1.29, 1.82) is 0 Å². The topological polar surface area (TPSA) is 30.5 Å². The zero-order chi connectivity index (χ0) is 13.0. The van der Waals surface area contributed by atoms with Gasteiger partial charge in [-0.15, -0.1) is 0 Å². The number of hydrogen-bond acceptors (Lipinski definition) is 3. The summed E-state index contributed by atoms with van der Waals surface area (Å²) in [5.74, 6) is 0.0132. The first-order valence-corrected chi connectivity index (χ1v) is 6.48. The smallest absolute Gasteiger partial charge is 0.165 e. The van der Waals surface area contributed by atoms with Crippen molar-refractivity contribution < 1.29 is 13.9 Å². The molecule has 0 aliphatic carbocycles. The Labute approximate surface area is 107 Å². The number of halogens is 1. The van der Waals surface area contributed by atoms with E-state index in [4.69, 9.17) is 9.47 Å². The van der Waals surface area contributed by atoms with E-state index in [1.165, 1.54) is 0 Å². The van der Waals surface area contributed by atoms with Crippen LogP contribution in [-0.2, 0) is 4.74 Å². The van der Waals surface area contributed by atoms with Gasteiger partial charge in [0.25, 0.3) is 0 Å². The van der Waals surface area contributed by atoms with Gasteiger partial charge < -0.3 is 14.8 Å². The van der Waals surface area contributed by atoms with Crippen LogP contribution in [0.15, 0.2) is 18.2 Å². The molecule has 1 atom stereocenters. The molecule has 3 nitrogen and oxygen atoms in total. The Kier molecular flexibility index (Phi) is 4.55. The van der Waals surface area contributed by atoms with Crippen LogP contribution in [0.3, 0.4) is 0 Å². The highest BCUT2D eigenvalue weighted by atomic mass is 19.1. The van der Waals surface area contributed by atoms with Crippen LogP contribution < -0.4 is 10.1 Å². The Balaban J connectivity index is 1.99. The van der Waals surface area contributed by atoms with E-state index in [9.17, 15) is 4.39 Å². The highest BCUT2D eigenvalue weighted by Gasteiger charge is 2.21. The molecule has 0 spiro atoms. The fourth-order valence-electron chi connectivity index (χ4n) is 1.82. The lowest BCUT2D eigenvalue weighted by Gasteiger charge is -2.27. The van der Waals surface area contributed by atoms with Crippen LogP contribution in [0.1, 0.15) is 31.9 Å². The summed E-state index contributed by atoms with van der Waals surface area (Å²) < 4.78 is 24.3. The molecule has 1 aliphatic rings. The molecule has 0 saturated carbocycles. The Hall–Kier alpha value is -1.13. The molecular weight excluding hydrogens is 233 g/mol.